The summed E-state index contributed by atoms with van der Waals surface area (Å²) in [5.74, 6) is 0.297. The van der Waals surface area contributed by atoms with Gasteiger partial charge in [-0.05, 0) is 49.3 Å². The van der Waals surface area contributed by atoms with Crippen LogP contribution in [0, 0.1) is 0 Å². The molecule has 0 saturated carbocycles. The molecule has 1 aromatic rings. The Morgan fingerprint density at radius 3 is 2.88 bits per heavy atom. The number of hydrogen-bond donors (Lipinski definition) is 1. The molecule has 0 atom stereocenters. The predicted octanol–water partition coefficient (Wildman–Crippen LogP) is 2.52. The quantitative estimate of drug-likeness (QED) is 0.788. The maximum Gasteiger partial charge on any atom is 0.163 e. The number of rotatable bonds is 4. The number of aryl methyl sites for hydroxylation is 2. The minimum atomic E-state index is 0.254. The molecule has 1 aliphatic carbocycles. The molecule has 2 rings (SSSR count). The van der Waals surface area contributed by atoms with E-state index in [1.54, 1.807) is 0 Å². The Kier molecular flexibility index (Phi) is 3.73. The molecule has 1 N–H and O–H groups in total. The molecule has 0 unspecified atom stereocenters. The first-order valence-corrected chi connectivity index (χ1v) is 6.07. The summed E-state index contributed by atoms with van der Waals surface area (Å²) in [7, 11) is 0. The summed E-state index contributed by atoms with van der Waals surface area (Å²) in [4.78, 5) is 11.7. The number of carbonyl (C=O) groups excluding carboxylic acids is 1. The van der Waals surface area contributed by atoms with Gasteiger partial charge in [-0.2, -0.15) is 0 Å². The number of unbranched alkanes of at least 4 members (excludes halogenated alkanes) is 1. The van der Waals surface area contributed by atoms with Crippen molar-refractivity contribution in [2.24, 2.45) is 0 Å². The smallest absolute Gasteiger partial charge is 0.163 e. The summed E-state index contributed by atoms with van der Waals surface area (Å²) >= 11 is 0. The van der Waals surface area contributed by atoms with Gasteiger partial charge in [-0.3, -0.25) is 4.79 Å². The third-order valence-corrected chi connectivity index (χ3v) is 3.20. The molecule has 0 aromatic heterocycles. The van der Waals surface area contributed by atoms with Crippen molar-refractivity contribution in [2.45, 2.75) is 38.5 Å². The van der Waals surface area contributed by atoms with Crippen LogP contribution in [0.5, 0.6) is 0 Å². The Hall–Kier alpha value is -1.15. The Balaban J connectivity index is 2.11. The summed E-state index contributed by atoms with van der Waals surface area (Å²) in [6.07, 6.45) is 5.52. The molecule has 0 radical (unpaired) electrons. The first-order chi connectivity index (χ1) is 7.81. The lowest BCUT2D eigenvalue weighted by Crippen LogP contribution is -2.11. The number of carbonyl (C=O) groups is 1. The first-order valence-electron chi connectivity index (χ1n) is 6.07. The SMILES string of the molecule is O=C1CCCc2ccc(CCCCO)cc21. The van der Waals surface area contributed by atoms with Crippen LogP contribution in [0.3, 0.4) is 0 Å². The van der Waals surface area contributed by atoms with E-state index < -0.39 is 0 Å². The molecule has 0 saturated heterocycles. The van der Waals surface area contributed by atoms with Crippen molar-refractivity contribution >= 4 is 5.78 Å². The molecular weight excluding hydrogens is 200 g/mol. The number of aliphatic hydroxyl groups excluding tert-OH is 1. The number of ketones is 1. The molecule has 1 aliphatic rings. The minimum absolute atomic E-state index is 0.254. The zero-order valence-electron chi connectivity index (χ0n) is 9.54. The van der Waals surface area contributed by atoms with Gasteiger partial charge in [-0.1, -0.05) is 12.1 Å². The Morgan fingerprint density at radius 1 is 1.19 bits per heavy atom. The summed E-state index contributed by atoms with van der Waals surface area (Å²) in [6.45, 7) is 0.254. The van der Waals surface area contributed by atoms with Crippen LogP contribution in [0.1, 0.15) is 47.2 Å². The van der Waals surface area contributed by atoms with Crippen molar-refractivity contribution in [1.82, 2.24) is 0 Å². The van der Waals surface area contributed by atoms with E-state index in [1.165, 1.54) is 11.1 Å². The number of benzene rings is 1. The normalized spacial score (nSPS) is 14.9. The Bertz CT molecular complexity index is 382. The van der Waals surface area contributed by atoms with Crippen LogP contribution in [0.2, 0.25) is 0 Å². The highest BCUT2D eigenvalue weighted by molar-refractivity contribution is 5.98. The third-order valence-electron chi connectivity index (χ3n) is 3.20. The number of aliphatic hydroxyl groups is 1. The molecule has 0 spiro atoms. The van der Waals surface area contributed by atoms with Crippen LogP contribution in [-0.4, -0.2) is 17.5 Å². The van der Waals surface area contributed by atoms with Crippen molar-refractivity contribution in [1.29, 1.82) is 0 Å². The van der Waals surface area contributed by atoms with Crippen molar-refractivity contribution < 1.29 is 9.90 Å². The van der Waals surface area contributed by atoms with Crippen molar-refractivity contribution in [3.8, 4) is 0 Å². The maximum absolute atomic E-state index is 11.7. The van der Waals surface area contributed by atoms with Gasteiger partial charge >= 0.3 is 0 Å². The van der Waals surface area contributed by atoms with Crippen LogP contribution < -0.4 is 0 Å². The fourth-order valence-electron chi connectivity index (χ4n) is 2.27. The van der Waals surface area contributed by atoms with Crippen LogP contribution in [0.15, 0.2) is 18.2 Å². The number of Topliss-reactive ketones (excluding diaryl/α,β-unsaturated/α-hetero) is 1. The van der Waals surface area contributed by atoms with E-state index in [4.69, 9.17) is 5.11 Å². The summed E-state index contributed by atoms with van der Waals surface area (Å²) in [6, 6.07) is 6.27. The number of fused-ring (bicyclic) bond motifs is 1. The summed E-state index contributed by atoms with van der Waals surface area (Å²) in [5, 5.41) is 8.72. The van der Waals surface area contributed by atoms with Crippen molar-refractivity contribution in [3.63, 3.8) is 0 Å². The van der Waals surface area contributed by atoms with Crippen molar-refractivity contribution in [3.05, 3.63) is 34.9 Å². The third kappa shape index (κ3) is 2.50. The molecule has 0 heterocycles. The second-order valence-electron chi connectivity index (χ2n) is 4.45. The van der Waals surface area contributed by atoms with Crippen LogP contribution in [0.25, 0.3) is 0 Å². The lowest BCUT2D eigenvalue weighted by atomic mass is 9.88. The lowest BCUT2D eigenvalue weighted by Gasteiger charge is -2.15. The molecule has 0 bridgehead atoms. The molecular formula is C14H18O2. The topological polar surface area (TPSA) is 37.3 Å². The van der Waals surface area contributed by atoms with Gasteiger partial charge in [0.1, 0.15) is 0 Å². The first kappa shape index (κ1) is 11.3. The lowest BCUT2D eigenvalue weighted by molar-refractivity contribution is 0.0972. The largest absolute Gasteiger partial charge is 0.396 e. The van der Waals surface area contributed by atoms with Gasteiger partial charge in [0, 0.05) is 18.6 Å². The minimum Gasteiger partial charge on any atom is -0.396 e. The zero-order valence-corrected chi connectivity index (χ0v) is 9.54. The number of hydrogen-bond acceptors (Lipinski definition) is 2. The van der Waals surface area contributed by atoms with E-state index in [0.29, 0.717) is 12.2 Å². The van der Waals surface area contributed by atoms with Gasteiger partial charge in [0.2, 0.25) is 0 Å². The maximum atomic E-state index is 11.7. The molecule has 0 fully saturated rings. The van der Waals surface area contributed by atoms with Crippen LogP contribution in [-0.2, 0) is 12.8 Å². The van der Waals surface area contributed by atoms with Gasteiger partial charge in [0.05, 0.1) is 0 Å². The molecule has 86 valence electrons. The molecule has 2 nitrogen and oxygen atoms in total. The molecule has 0 aliphatic heterocycles. The van der Waals surface area contributed by atoms with Gasteiger partial charge in [0.15, 0.2) is 5.78 Å². The highest BCUT2D eigenvalue weighted by Crippen LogP contribution is 2.22. The van der Waals surface area contributed by atoms with E-state index in [0.717, 1.165) is 37.7 Å². The van der Waals surface area contributed by atoms with Crippen LogP contribution in [0.4, 0.5) is 0 Å². The Labute approximate surface area is 96.3 Å². The van der Waals surface area contributed by atoms with E-state index in [9.17, 15) is 4.79 Å². The van der Waals surface area contributed by atoms with Crippen LogP contribution >= 0.6 is 0 Å². The van der Waals surface area contributed by atoms with E-state index >= 15 is 0 Å². The predicted molar refractivity (Wildman–Crippen MR) is 63.7 cm³/mol. The van der Waals surface area contributed by atoms with Gasteiger partial charge in [-0.25, -0.2) is 0 Å². The van der Waals surface area contributed by atoms with E-state index in [2.05, 4.69) is 12.1 Å². The molecule has 16 heavy (non-hydrogen) atoms. The fourth-order valence-corrected chi connectivity index (χ4v) is 2.27. The molecule has 2 heteroatoms. The average Bonchev–Trinajstić information content (AvgIpc) is 2.30. The van der Waals surface area contributed by atoms with Gasteiger partial charge in [-0.15, -0.1) is 0 Å². The van der Waals surface area contributed by atoms with E-state index in [-0.39, 0.29) is 6.61 Å². The van der Waals surface area contributed by atoms with Gasteiger partial charge < -0.3 is 5.11 Å². The van der Waals surface area contributed by atoms with E-state index in [1.807, 2.05) is 6.07 Å². The van der Waals surface area contributed by atoms with Gasteiger partial charge in [0.25, 0.3) is 0 Å². The van der Waals surface area contributed by atoms with Crippen molar-refractivity contribution in [2.75, 3.05) is 6.61 Å². The highest BCUT2D eigenvalue weighted by Gasteiger charge is 2.16. The highest BCUT2D eigenvalue weighted by atomic mass is 16.2. The Morgan fingerprint density at radius 2 is 2.06 bits per heavy atom. The summed E-state index contributed by atoms with van der Waals surface area (Å²) < 4.78 is 0. The molecule has 0 amide bonds. The summed E-state index contributed by atoms with van der Waals surface area (Å²) in [5.41, 5.74) is 3.37. The standard InChI is InChI=1S/C14H18O2/c15-9-2-1-4-11-7-8-12-5-3-6-14(16)13(12)10-11/h7-8,10,15H,1-6,9H2. The zero-order chi connectivity index (χ0) is 11.4. The molecule has 1 aromatic carbocycles. The fraction of sp³-hybridized carbons (Fsp3) is 0.500. The second-order valence-corrected chi connectivity index (χ2v) is 4.45. The second kappa shape index (κ2) is 5.26. The monoisotopic (exact) mass is 218 g/mol. The average molecular weight is 218 g/mol.